The van der Waals surface area contributed by atoms with Crippen LogP contribution in [0, 0.1) is 6.92 Å². The first-order valence-electron chi connectivity index (χ1n) is 7.87. The number of carbonyl (C=O) groups excluding carboxylic acids is 1. The predicted octanol–water partition coefficient (Wildman–Crippen LogP) is 4.82. The highest BCUT2D eigenvalue weighted by atomic mass is 79.9. The van der Waals surface area contributed by atoms with E-state index in [4.69, 9.17) is 0 Å². The number of amides is 1. The van der Waals surface area contributed by atoms with Crippen LogP contribution in [0.5, 0.6) is 0 Å². The molecule has 4 nitrogen and oxygen atoms in total. The van der Waals surface area contributed by atoms with E-state index >= 15 is 0 Å². The summed E-state index contributed by atoms with van der Waals surface area (Å²) < 4.78 is 1.07. The molecule has 0 aliphatic carbocycles. The van der Waals surface area contributed by atoms with E-state index in [0.717, 1.165) is 40.7 Å². The Morgan fingerprint density at radius 1 is 1.17 bits per heavy atom. The lowest BCUT2D eigenvalue weighted by Gasteiger charge is -2.10. The maximum atomic E-state index is 12.1. The number of nitrogens with zero attached hydrogens (tertiary/aromatic N) is 1. The van der Waals surface area contributed by atoms with Crippen LogP contribution >= 0.6 is 15.9 Å². The summed E-state index contributed by atoms with van der Waals surface area (Å²) in [5.41, 5.74) is 3.41. The third-order valence-corrected chi connectivity index (χ3v) is 4.39. The zero-order valence-electron chi connectivity index (χ0n) is 13.5. The Hall–Kier alpha value is -1.88. The molecular formula is C18H22BrN3O. The fourth-order valence-electron chi connectivity index (χ4n) is 2.19. The normalized spacial score (nSPS) is 10.4. The maximum absolute atomic E-state index is 12.1. The van der Waals surface area contributed by atoms with Gasteiger partial charge in [-0.25, -0.2) is 0 Å². The van der Waals surface area contributed by atoms with E-state index in [9.17, 15) is 4.79 Å². The molecule has 0 fully saturated rings. The molecule has 0 bridgehead atoms. The fraction of sp³-hybridized carbons (Fsp3) is 0.333. The molecule has 2 N–H and O–H groups in total. The maximum Gasteiger partial charge on any atom is 0.269 e. The number of anilines is 2. The molecule has 0 saturated heterocycles. The molecular weight excluding hydrogens is 354 g/mol. The van der Waals surface area contributed by atoms with Crippen LogP contribution in [-0.2, 0) is 0 Å². The van der Waals surface area contributed by atoms with Crippen LogP contribution in [-0.4, -0.2) is 17.4 Å². The van der Waals surface area contributed by atoms with Gasteiger partial charge in [0, 0.05) is 28.6 Å². The summed E-state index contributed by atoms with van der Waals surface area (Å²) in [6.07, 6.45) is 4.91. The highest BCUT2D eigenvalue weighted by molar-refractivity contribution is 9.10. The van der Waals surface area contributed by atoms with Crippen molar-refractivity contribution in [2.75, 3.05) is 11.9 Å². The van der Waals surface area contributed by atoms with E-state index in [1.807, 2.05) is 25.1 Å². The van der Waals surface area contributed by atoms with Gasteiger partial charge in [0.2, 0.25) is 0 Å². The van der Waals surface area contributed by atoms with Crippen molar-refractivity contribution in [1.29, 1.82) is 0 Å². The van der Waals surface area contributed by atoms with Crippen molar-refractivity contribution in [3.8, 4) is 0 Å². The van der Waals surface area contributed by atoms with E-state index in [1.165, 1.54) is 0 Å². The molecule has 2 aromatic rings. The smallest absolute Gasteiger partial charge is 0.269 e. The standard InChI is InChI=1S/C18H22BrN3O/c1-3-4-5-9-21-18(23)17-12-15(8-10-20-17)22-14-6-7-16(19)13(2)11-14/h6-8,10-12H,3-5,9H2,1-2H3,(H,20,22)(H,21,23). The molecule has 0 spiro atoms. The summed E-state index contributed by atoms with van der Waals surface area (Å²) in [6.45, 7) is 4.87. The first kappa shape index (κ1) is 17.5. The summed E-state index contributed by atoms with van der Waals surface area (Å²) >= 11 is 3.49. The number of unbranched alkanes of at least 4 members (excludes halogenated alkanes) is 2. The number of nitrogens with one attached hydrogen (secondary N) is 2. The van der Waals surface area contributed by atoms with Crippen LogP contribution in [0.1, 0.15) is 42.2 Å². The third kappa shape index (κ3) is 5.36. The Morgan fingerprint density at radius 3 is 2.70 bits per heavy atom. The SMILES string of the molecule is CCCCCNC(=O)c1cc(Nc2ccc(Br)c(C)c2)ccn1. The third-order valence-electron chi connectivity index (χ3n) is 3.51. The van der Waals surface area contributed by atoms with Gasteiger partial charge in [0.1, 0.15) is 5.69 Å². The fourth-order valence-corrected chi connectivity index (χ4v) is 2.44. The lowest BCUT2D eigenvalue weighted by molar-refractivity contribution is 0.0948. The number of benzene rings is 1. The van der Waals surface area contributed by atoms with Crippen molar-refractivity contribution in [3.63, 3.8) is 0 Å². The largest absolute Gasteiger partial charge is 0.355 e. The highest BCUT2D eigenvalue weighted by Crippen LogP contribution is 2.23. The number of rotatable bonds is 7. The van der Waals surface area contributed by atoms with Crippen molar-refractivity contribution >= 4 is 33.2 Å². The van der Waals surface area contributed by atoms with E-state index < -0.39 is 0 Å². The molecule has 0 aliphatic rings. The summed E-state index contributed by atoms with van der Waals surface area (Å²) in [4.78, 5) is 16.3. The van der Waals surface area contributed by atoms with Crippen LogP contribution in [0.15, 0.2) is 41.0 Å². The minimum atomic E-state index is -0.128. The monoisotopic (exact) mass is 375 g/mol. The Morgan fingerprint density at radius 2 is 1.96 bits per heavy atom. The highest BCUT2D eigenvalue weighted by Gasteiger charge is 2.07. The number of hydrogen-bond donors (Lipinski definition) is 2. The summed E-state index contributed by atoms with van der Waals surface area (Å²) in [5, 5.41) is 6.21. The minimum Gasteiger partial charge on any atom is -0.355 e. The van der Waals surface area contributed by atoms with Gasteiger partial charge in [-0.05, 0) is 49.2 Å². The zero-order chi connectivity index (χ0) is 16.7. The van der Waals surface area contributed by atoms with Crippen molar-refractivity contribution in [2.45, 2.75) is 33.1 Å². The number of halogens is 1. The molecule has 122 valence electrons. The number of aryl methyl sites for hydroxylation is 1. The van der Waals surface area contributed by atoms with Gasteiger partial charge in [0.25, 0.3) is 5.91 Å². The second-order valence-electron chi connectivity index (χ2n) is 5.48. The first-order valence-corrected chi connectivity index (χ1v) is 8.67. The average molecular weight is 376 g/mol. The Labute approximate surface area is 145 Å². The topological polar surface area (TPSA) is 54.0 Å². The molecule has 0 saturated carbocycles. The van der Waals surface area contributed by atoms with Gasteiger partial charge in [-0.2, -0.15) is 0 Å². The van der Waals surface area contributed by atoms with Crippen LogP contribution in [0.25, 0.3) is 0 Å². The van der Waals surface area contributed by atoms with Gasteiger partial charge in [0.05, 0.1) is 0 Å². The zero-order valence-corrected chi connectivity index (χ0v) is 15.1. The van der Waals surface area contributed by atoms with Crippen molar-refractivity contribution in [2.24, 2.45) is 0 Å². The molecule has 1 aromatic carbocycles. The van der Waals surface area contributed by atoms with Gasteiger partial charge in [0.15, 0.2) is 0 Å². The lowest BCUT2D eigenvalue weighted by atomic mass is 10.2. The minimum absolute atomic E-state index is 0.128. The Kier molecular flexibility index (Phi) is 6.59. The molecule has 5 heteroatoms. The summed E-state index contributed by atoms with van der Waals surface area (Å²) in [5.74, 6) is -0.128. The van der Waals surface area contributed by atoms with Gasteiger partial charge in [-0.15, -0.1) is 0 Å². The molecule has 1 heterocycles. The predicted molar refractivity (Wildman–Crippen MR) is 98.3 cm³/mol. The van der Waals surface area contributed by atoms with Crippen LogP contribution in [0.3, 0.4) is 0 Å². The summed E-state index contributed by atoms with van der Waals surface area (Å²) in [7, 11) is 0. The van der Waals surface area contributed by atoms with Crippen LogP contribution < -0.4 is 10.6 Å². The number of aromatic nitrogens is 1. The van der Waals surface area contributed by atoms with E-state index in [-0.39, 0.29) is 5.91 Å². The molecule has 23 heavy (non-hydrogen) atoms. The second-order valence-corrected chi connectivity index (χ2v) is 6.34. The molecule has 0 radical (unpaired) electrons. The quantitative estimate of drug-likeness (QED) is 0.682. The van der Waals surface area contributed by atoms with E-state index in [2.05, 4.69) is 44.5 Å². The molecule has 2 rings (SSSR count). The van der Waals surface area contributed by atoms with Gasteiger partial charge < -0.3 is 10.6 Å². The van der Waals surface area contributed by atoms with E-state index in [0.29, 0.717) is 12.2 Å². The van der Waals surface area contributed by atoms with Crippen LogP contribution in [0.2, 0.25) is 0 Å². The lowest BCUT2D eigenvalue weighted by Crippen LogP contribution is -2.25. The number of hydrogen-bond acceptors (Lipinski definition) is 3. The average Bonchev–Trinajstić information content (AvgIpc) is 2.55. The first-order chi connectivity index (χ1) is 11.1. The van der Waals surface area contributed by atoms with Gasteiger partial charge in [-0.1, -0.05) is 35.7 Å². The number of pyridine rings is 1. The molecule has 0 unspecified atom stereocenters. The molecule has 0 atom stereocenters. The molecule has 1 amide bonds. The van der Waals surface area contributed by atoms with E-state index in [1.54, 1.807) is 12.3 Å². The molecule has 1 aromatic heterocycles. The van der Waals surface area contributed by atoms with Crippen molar-refractivity contribution in [1.82, 2.24) is 10.3 Å². The second kappa shape index (κ2) is 8.67. The van der Waals surface area contributed by atoms with Crippen molar-refractivity contribution in [3.05, 3.63) is 52.3 Å². The van der Waals surface area contributed by atoms with Gasteiger partial charge >= 0.3 is 0 Å². The van der Waals surface area contributed by atoms with Crippen LogP contribution in [0.4, 0.5) is 11.4 Å². The molecule has 0 aliphatic heterocycles. The summed E-state index contributed by atoms with van der Waals surface area (Å²) in [6, 6.07) is 9.66. The Bertz CT molecular complexity index is 673. The van der Waals surface area contributed by atoms with Crippen molar-refractivity contribution < 1.29 is 4.79 Å². The number of carbonyl (C=O) groups is 1. The van der Waals surface area contributed by atoms with Gasteiger partial charge in [-0.3, -0.25) is 9.78 Å². The Balaban J connectivity index is 2.01.